The summed E-state index contributed by atoms with van der Waals surface area (Å²) in [6, 6.07) is 6.80. The highest BCUT2D eigenvalue weighted by atomic mass is 16.5. The Labute approximate surface area is 164 Å². The van der Waals surface area contributed by atoms with Crippen molar-refractivity contribution >= 4 is 12.1 Å². The van der Waals surface area contributed by atoms with E-state index < -0.39 is 24.5 Å². The van der Waals surface area contributed by atoms with E-state index in [-0.39, 0.29) is 12.1 Å². The maximum Gasteiger partial charge on any atom is 0.328 e. The van der Waals surface area contributed by atoms with Crippen molar-refractivity contribution in [3.8, 4) is 0 Å². The van der Waals surface area contributed by atoms with Gasteiger partial charge in [0.15, 0.2) is 6.29 Å². The maximum absolute atomic E-state index is 12.5. The summed E-state index contributed by atoms with van der Waals surface area (Å²) in [5, 5.41) is 19.2. The average molecular weight is 388 g/mol. The third kappa shape index (κ3) is 4.14. The van der Waals surface area contributed by atoms with E-state index in [0.29, 0.717) is 32.0 Å². The van der Waals surface area contributed by atoms with E-state index in [4.69, 9.17) is 4.74 Å². The molecule has 1 aromatic carbocycles. The lowest BCUT2D eigenvalue weighted by atomic mass is 10.00. The molecular formula is C20H28N4O4. The van der Waals surface area contributed by atoms with Crippen LogP contribution in [-0.2, 0) is 4.74 Å². The van der Waals surface area contributed by atoms with Gasteiger partial charge in [0.25, 0.3) is 0 Å². The van der Waals surface area contributed by atoms with Gasteiger partial charge in [-0.3, -0.25) is 5.32 Å². The summed E-state index contributed by atoms with van der Waals surface area (Å²) in [6.45, 7) is 3.08. The molecule has 4 amide bonds. The van der Waals surface area contributed by atoms with Crippen LogP contribution < -0.4 is 16.0 Å². The third-order valence-corrected chi connectivity index (χ3v) is 5.77. The fourth-order valence-corrected chi connectivity index (χ4v) is 3.92. The van der Waals surface area contributed by atoms with E-state index in [1.54, 1.807) is 0 Å². The van der Waals surface area contributed by atoms with E-state index in [9.17, 15) is 14.7 Å². The molecule has 4 rings (SSSR count). The second kappa shape index (κ2) is 8.06. The number of aliphatic hydroxyl groups excluding tert-OH is 1. The summed E-state index contributed by atoms with van der Waals surface area (Å²) < 4.78 is 5.31. The monoisotopic (exact) mass is 388 g/mol. The van der Waals surface area contributed by atoms with Crippen LogP contribution in [0.15, 0.2) is 24.3 Å². The highest BCUT2D eigenvalue weighted by Gasteiger charge is 2.37. The van der Waals surface area contributed by atoms with Crippen LogP contribution in [0.5, 0.6) is 0 Å². The topological polar surface area (TPSA) is 103 Å². The van der Waals surface area contributed by atoms with Crippen LogP contribution in [0.3, 0.4) is 0 Å². The van der Waals surface area contributed by atoms with Crippen LogP contribution in [0, 0.1) is 5.92 Å². The van der Waals surface area contributed by atoms with Gasteiger partial charge in [0.05, 0.1) is 6.10 Å². The Kier molecular flexibility index (Phi) is 5.52. The molecule has 3 fully saturated rings. The second-order valence-electron chi connectivity index (χ2n) is 7.89. The first-order chi connectivity index (χ1) is 13.5. The van der Waals surface area contributed by atoms with E-state index in [1.807, 2.05) is 31.2 Å². The van der Waals surface area contributed by atoms with Crippen LogP contribution in [0.2, 0.25) is 0 Å². The zero-order valence-corrected chi connectivity index (χ0v) is 16.1. The van der Waals surface area contributed by atoms with Crippen LogP contribution in [-0.4, -0.2) is 47.6 Å². The van der Waals surface area contributed by atoms with Crippen molar-refractivity contribution in [2.75, 3.05) is 13.2 Å². The number of hydrogen-bond donors (Lipinski definition) is 4. The number of urea groups is 2. The molecule has 0 bridgehead atoms. The summed E-state index contributed by atoms with van der Waals surface area (Å²) in [5.74, 6) is 0.367. The molecule has 2 saturated heterocycles. The Hall–Kier alpha value is -2.16. The minimum Gasteiger partial charge on any atom is -0.388 e. The van der Waals surface area contributed by atoms with Crippen molar-refractivity contribution in [3.05, 3.63) is 35.4 Å². The molecule has 2 heterocycles. The van der Waals surface area contributed by atoms with Crippen LogP contribution in [0.25, 0.3) is 0 Å². The van der Waals surface area contributed by atoms with Gasteiger partial charge in [-0.25, -0.2) is 14.5 Å². The normalized spacial score (nSPS) is 23.9. The van der Waals surface area contributed by atoms with Gasteiger partial charge in [0.1, 0.15) is 0 Å². The van der Waals surface area contributed by atoms with Crippen molar-refractivity contribution in [1.82, 2.24) is 20.9 Å². The molecule has 4 N–H and O–H groups in total. The number of hydrogen-bond acceptors (Lipinski definition) is 5. The van der Waals surface area contributed by atoms with Gasteiger partial charge >= 0.3 is 12.1 Å². The number of amides is 4. The van der Waals surface area contributed by atoms with Crippen molar-refractivity contribution in [2.24, 2.45) is 5.92 Å². The Balaban J connectivity index is 1.37. The zero-order valence-electron chi connectivity index (χ0n) is 16.1. The molecule has 152 valence electrons. The van der Waals surface area contributed by atoms with Crippen LogP contribution >= 0.6 is 0 Å². The van der Waals surface area contributed by atoms with Gasteiger partial charge in [0.2, 0.25) is 0 Å². The van der Waals surface area contributed by atoms with E-state index in [0.717, 1.165) is 24.0 Å². The van der Waals surface area contributed by atoms with Gasteiger partial charge in [-0.15, -0.1) is 0 Å². The smallest absolute Gasteiger partial charge is 0.328 e. The molecule has 0 spiro atoms. The van der Waals surface area contributed by atoms with Crippen molar-refractivity contribution in [2.45, 2.75) is 57.1 Å². The maximum atomic E-state index is 12.5. The summed E-state index contributed by atoms with van der Waals surface area (Å²) in [4.78, 5) is 26.3. The molecule has 0 radical (unpaired) electrons. The molecule has 28 heavy (non-hydrogen) atoms. The number of nitrogens with zero attached hydrogens (tertiary/aromatic N) is 1. The minimum absolute atomic E-state index is 0.119. The Morgan fingerprint density at radius 1 is 1.11 bits per heavy atom. The molecule has 0 aromatic heterocycles. The molecule has 2 atom stereocenters. The molecule has 8 heteroatoms. The standard InChI is InChI=1S/C20H28N4O4/c1-12(14-3-2-4-15(11-14)17(25)13-5-6-13)21-18-22-19(26)24(20(27)23-18)16-7-9-28-10-8-16/h2-4,11-13,16-18,21,25H,5-10H2,1H3,(H,22,26)(H,23,27)/t12-,17?/m0/s1. The molecule has 1 unspecified atom stereocenters. The SMILES string of the molecule is C[C@H](NC1NC(=O)N(C2CCOCC2)C(=O)N1)c1cccc(C(O)C2CC2)c1. The number of benzene rings is 1. The first-order valence-electron chi connectivity index (χ1n) is 10.0. The zero-order chi connectivity index (χ0) is 19.7. The number of aliphatic hydroxyl groups is 1. The van der Waals surface area contributed by atoms with Gasteiger partial charge < -0.3 is 20.5 Å². The quantitative estimate of drug-likeness (QED) is 0.597. The number of ether oxygens (including phenoxy) is 1. The summed E-state index contributed by atoms with van der Waals surface area (Å²) in [6.07, 6.45) is 2.39. The van der Waals surface area contributed by atoms with Gasteiger partial charge in [-0.2, -0.15) is 0 Å². The molecule has 1 saturated carbocycles. The largest absolute Gasteiger partial charge is 0.388 e. The first kappa shape index (κ1) is 19.2. The van der Waals surface area contributed by atoms with E-state index >= 15 is 0 Å². The van der Waals surface area contributed by atoms with Gasteiger partial charge in [-0.1, -0.05) is 24.3 Å². The average Bonchev–Trinajstić information content (AvgIpc) is 3.53. The lowest BCUT2D eigenvalue weighted by molar-refractivity contribution is 0.0492. The number of rotatable bonds is 6. The summed E-state index contributed by atoms with van der Waals surface area (Å²) >= 11 is 0. The van der Waals surface area contributed by atoms with Crippen LogP contribution in [0.1, 0.15) is 55.9 Å². The number of carbonyl (C=O) groups excluding carboxylic acids is 2. The predicted molar refractivity (Wildman–Crippen MR) is 102 cm³/mol. The summed E-state index contributed by atoms with van der Waals surface area (Å²) in [7, 11) is 0. The fraction of sp³-hybridized carbons (Fsp3) is 0.600. The minimum atomic E-state index is -0.650. The Bertz CT molecular complexity index is 715. The van der Waals surface area contributed by atoms with E-state index in [1.165, 1.54) is 4.90 Å². The highest BCUT2D eigenvalue weighted by molar-refractivity contribution is 5.96. The Morgan fingerprint density at radius 2 is 1.75 bits per heavy atom. The highest BCUT2D eigenvalue weighted by Crippen LogP contribution is 2.41. The van der Waals surface area contributed by atoms with E-state index in [2.05, 4.69) is 16.0 Å². The second-order valence-corrected chi connectivity index (χ2v) is 7.89. The van der Waals surface area contributed by atoms with Crippen molar-refractivity contribution in [3.63, 3.8) is 0 Å². The van der Waals surface area contributed by atoms with Gasteiger partial charge in [-0.05, 0) is 49.7 Å². The lowest BCUT2D eigenvalue weighted by Crippen LogP contribution is -2.70. The number of nitrogens with one attached hydrogen (secondary N) is 3. The predicted octanol–water partition coefficient (Wildman–Crippen LogP) is 1.98. The fourth-order valence-electron chi connectivity index (χ4n) is 3.92. The lowest BCUT2D eigenvalue weighted by Gasteiger charge is -2.39. The van der Waals surface area contributed by atoms with Crippen LogP contribution in [0.4, 0.5) is 9.59 Å². The Morgan fingerprint density at radius 3 is 2.39 bits per heavy atom. The summed E-state index contributed by atoms with van der Waals surface area (Å²) in [5.41, 5.74) is 1.91. The van der Waals surface area contributed by atoms with Crippen molar-refractivity contribution < 1.29 is 19.4 Å². The van der Waals surface area contributed by atoms with Gasteiger partial charge in [0, 0.05) is 25.3 Å². The molecule has 2 aliphatic heterocycles. The molecular weight excluding hydrogens is 360 g/mol. The molecule has 8 nitrogen and oxygen atoms in total. The molecule has 1 aliphatic carbocycles. The third-order valence-electron chi connectivity index (χ3n) is 5.77. The number of carbonyl (C=O) groups is 2. The molecule has 1 aromatic rings. The molecule has 3 aliphatic rings. The first-order valence-corrected chi connectivity index (χ1v) is 10.0. The number of imide groups is 1. The van der Waals surface area contributed by atoms with Crippen molar-refractivity contribution in [1.29, 1.82) is 0 Å².